The second-order valence-corrected chi connectivity index (χ2v) is 13.9. The number of unbranched alkanes of at least 4 members (excludes halogenated alkanes) is 2. The number of rotatable bonds is 14. The molecule has 3 unspecified atom stereocenters. The Kier molecular flexibility index (Phi) is 10.4. The standard InChI is InChI=1S/C39H55F2N5/c1-9-12-14-37-42-33(24-44(37)7)30-16-18-35-31(21-30)22-36(46(35)26(4)5)32-17-15-29(20-28(32)11-3)34-25-45(8)38(43-34)27(6)23-39(40,41)19-13-10-2/h15-18,20-22,24-27,37-38,42-43H,9-14,19,23H2,1-8H3. The van der Waals surface area contributed by atoms with Gasteiger partial charge in [0.25, 0.3) is 0 Å². The molecule has 0 amide bonds. The van der Waals surface area contributed by atoms with Crippen molar-refractivity contribution in [2.75, 3.05) is 14.1 Å². The minimum absolute atomic E-state index is 0.0358. The van der Waals surface area contributed by atoms with Crippen LogP contribution in [-0.4, -0.2) is 46.7 Å². The number of fused-ring (bicyclic) bond motifs is 1. The molecule has 0 saturated heterocycles. The largest absolute Gasteiger partial charge is 0.364 e. The molecule has 3 aromatic rings. The lowest BCUT2D eigenvalue weighted by atomic mass is 9.95. The molecule has 0 bridgehead atoms. The molecule has 46 heavy (non-hydrogen) atoms. The van der Waals surface area contributed by atoms with Crippen molar-refractivity contribution in [3.05, 3.63) is 71.6 Å². The highest BCUT2D eigenvalue weighted by atomic mass is 19.3. The Labute approximate surface area is 275 Å². The molecule has 1 aromatic heterocycles. The van der Waals surface area contributed by atoms with E-state index in [1.54, 1.807) is 0 Å². The number of halogens is 2. The van der Waals surface area contributed by atoms with Crippen LogP contribution in [0.15, 0.2) is 54.9 Å². The Hall–Kier alpha value is -3.48. The first-order chi connectivity index (χ1) is 22.0. The van der Waals surface area contributed by atoms with Crippen LogP contribution in [-0.2, 0) is 6.42 Å². The predicted octanol–water partition coefficient (Wildman–Crippen LogP) is 9.81. The van der Waals surface area contributed by atoms with Gasteiger partial charge in [-0.15, -0.1) is 0 Å². The van der Waals surface area contributed by atoms with E-state index in [1.165, 1.54) is 51.8 Å². The minimum atomic E-state index is -2.63. The molecule has 3 heterocycles. The van der Waals surface area contributed by atoms with E-state index in [0.29, 0.717) is 18.6 Å². The van der Waals surface area contributed by atoms with Gasteiger partial charge in [0.15, 0.2) is 0 Å². The van der Waals surface area contributed by atoms with Crippen molar-refractivity contribution in [2.24, 2.45) is 5.92 Å². The number of aryl methyl sites for hydroxylation is 1. The third-order valence-electron chi connectivity index (χ3n) is 9.85. The van der Waals surface area contributed by atoms with Crippen molar-refractivity contribution >= 4 is 22.3 Å². The van der Waals surface area contributed by atoms with Gasteiger partial charge in [0.1, 0.15) is 6.17 Å². The van der Waals surface area contributed by atoms with Crippen LogP contribution in [0.1, 0.15) is 109 Å². The fraction of sp³-hybridized carbons (Fsp3) is 0.538. The first-order valence-corrected chi connectivity index (χ1v) is 17.5. The van der Waals surface area contributed by atoms with Gasteiger partial charge in [0, 0.05) is 73.5 Å². The van der Waals surface area contributed by atoms with Crippen LogP contribution in [0.4, 0.5) is 8.78 Å². The molecular weight excluding hydrogens is 576 g/mol. The van der Waals surface area contributed by atoms with E-state index in [2.05, 4.69) is 115 Å². The molecule has 2 N–H and O–H groups in total. The molecule has 5 rings (SSSR count). The molecule has 0 radical (unpaired) electrons. The highest BCUT2D eigenvalue weighted by Crippen LogP contribution is 2.38. The average Bonchev–Trinajstić information content (AvgIpc) is 3.72. The number of benzene rings is 2. The van der Waals surface area contributed by atoms with Crippen LogP contribution in [0.2, 0.25) is 0 Å². The third-order valence-corrected chi connectivity index (χ3v) is 9.85. The van der Waals surface area contributed by atoms with Crippen molar-refractivity contribution in [1.29, 1.82) is 0 Å². The number of hydrogen-bond donors (Lipinski definition) is 2. The Morgan fingerprint density at radius 1 is 0.826 bits per heavy atom. The number of hydrogen-bond acceptors (Lipinski definition) is 4. The summed E-state index contributed by atoms with van der Waals surface area (Å²) in [6.45, 7) is 12.8. The second-order valence-electron chi connectivity index (χ2n) is 13.9. The molecule has 2 aliphatic rings. The summed E-state index contributed by atoms with van der Waals surface area (Å²) < 4.78 is 31.7. The van der Waals surface area contributed by atoms with Crippen LogP contribution in [0.25, 0.3) is 33.6 Å². The lowest BCUT2D eigenvalue weighted by Gasteiger charge is -2.30. The zero-order valence-electron chi connectivity index (χ0n) is 29.3. The zero-order chi connectivity index (χ0) is 33.2. The molecule has 250 valence electrons. The van der Waals surface area contributed by atoms with E-state index < -0.39 is 5.92 Å². The lowest BCUT2D eigenvalue weighted by Crippen LogP contribution is -2.41. The number of nitrogens with zero attached hydrogens (tertiary/aromatic N) is 3. The first-order valence-electron chi connectivity index (χ1n) is 17.5. The summed E-state index contributed by atoms with van der Waals surface area (Å²) in [4.78, 5) is 4.36. The van der Waals surface area contributed by atoms with Gasteiger partial charge >= 0.3 is 0 Å². The fourth-order valence-corrected chi connectivity index (χ4v) is 7.32. The second kappa shape index (κ2) is 14.1. The van der Waals surface area contributed by atoms with Crippen LogP contribution in [0, 0.1) is 5.92 Å². The van der Waals surface area contributed by atoms with Crippen molar-refractivity contribution < 1.29 is 8.78 Å². The fourth-order valence-electron chi connectivity index (χ4n) is 7.32. The van der Waals surface area contributed by atoms with E-state index in [9.17, 15) is 8.78 Å². The molecule has 3 atom stereocenters. The molecule has 5 nitrogen and oxygen atoms in total. The highest BCUT2D eigenvalue weighted by Gasteiger charge is 2.36. The maximum atomic E-state index is 14.6. The molecule has 2 aliphatic heterocycles. The smallest absolute Gasteiger partial charge is 0.248 e. The Balaban J connectivity index is 1.40. The van der Waals surface area contributed by atoms with Gasteiger partial charge in [-0.1, -0.05) is 58.7 Å². The summed E-state index contributed by atoms with van der Waals surface area (Å²) in [5.74, 6) is -2.83. The van der Waals surface area contributed by atoms with Crippen LogP contribution < -0.4 is 10.6 Å². The normalized spacial score (nSPS) is 19.1. The topological polar surface area (TPSA) is 35.5 Å². The molecule has 0 saturated carbocycles. The lowest BCUT2D eigenvalue weighted by molar-refractivity contribution is -0.0390. The van der Waals surface area contributed by atoms with Crippen molar-refractivity contribution in [1.82, 2.24) is 25.0 Å². The van der Waals surface area contributed by atoms with Crippen molar-refractivity contribution in [3.8, 4) is 11.3 Å². The number of alkyl halides is 2. The quantitative estimate of drug-likeness (QED) is 0.186. The van der Waals surface area contributed by atoms with Gasteiger partial charge in [0.2, 0.25) is 5.92 Å². The van der Waals surface area contributed by atoms with E-state index in [1.807, 2.05) is 20.9 Å². The monoisotopic (exact) mass is 631 g/mol. The average molecular weight is 632 g/mol. The molecule has 7 heteroatoms. The minimum Gasteiger partial charge on any atom is -0.364 e. The highest BCUT2D eigenvalue weighted by molar-refractivity contribution is 5.91. The first kappa shape index (κ1) is 33.9. The van der Waals surface area contributed by atoms with Gasteiger partial charge in [-0.2, -0.15) is 0 Å². The summed E-state index contributed by atoms with van der Waals surface area (Å²) >= 11 is 0. The Morgan fingerprint density at radius 3 is 2.20 bits per heavy atom. The summed E-state index contributed by atoms with van der Waals surface area (Å²) in [7, 11) is 4.14. The summed E-state index contributed by atoms with van der Waals surface area (Å²) in [5.41, 5.74) is 9.46. The SMILES string of the molecule is CCCCC1NC(c2ccc3c(c2)cc(-c2ccc(C4=CN(C)C(C(C)CC(F)(F)CCCC)N4)cc2CC)n3C(C)C)=CN1C. The van der Waals surface area contributed by atoms with Crippen molar-refractivity contribution in [3.63, 3.8) is 0 Å². The summed E-state index contributed by atoms with van der Waals surface area (Å²) in [5, 5.41) is 8.57. The number of aromatic nitrogens is 1. The van der Waals surface area contributed by atoms with Gasteiger partial charge in [0.05, 0.1) is 17.6 Å². The van der Waals surface area contributed by atoms with Gasteiger partial charge in [-0.05, 0) is 80.5 Å². The Morgan fingerprint density at radius 2 is 1.50 bits per heavy atom. The Bertz CT molecular complexity index is 1570. The van der Waals surface area contributed by atoms with Crippen LogP contribution in [0.5, 0.6) is 0 Å². The summed E-state index contributed by atoms with van der Waals surface area (Å²) in [6, 6.07) is 16.2. The van der Waals surface area contributed by atoms with E-state index in [0.717, 1.165) is 30.5 Å². The molecule has 0 aliphatic carbocycles. The van der Waals surface area contributed by atoms with E-state index in [-0.39, 0.29) is 24.9 Å². The van der Waals surface area contributed by atoms with E-state index >= 15 is 0 Å². The maximum absolute atomic E-state index is 14.6. The van der Waals surface area contributed by atoms with E-state index in [4.69, 9.17) is 0 Å². The molecular formula is C39H55F2N5. The summed E-state index contributed by atoms with van der Waals surface area (Å²) in [6.07, 6.45) is 10.1. The third kappa shape index (κ3) is 7.08. The maximum Gasteiger partial charge on any atom is 0.248 e. The van der Waals surface area contributed by atoms with Crippen molar-refractivity contribution in [2.45, 2.75) is 117 Å². The molecule has 0 spiro atoms. The predicted molar refractivity (Wildman–Crippen MR) is 190 cm³/mol. The zero-order valence-corrected chi connectivity index (χ0v) is 29.3. The molecule has 2 aromatic carbocycles. The molecule has 0 fully saturated rings. The van der Waals surface area contributed by atoms with Gasteiger partial charge in [-0.3, -0.25) is 0 Å². The van der Waals surface area contributed by atoms with Gasteiger partial charge < -0.3 is 25.0 Å². The van der Waals surface area contributed by atoms with Crippen LogP contribution in [0.3, 0.4) is 0 Å². The number of nitrogens with one attached hydrogen (secondary N) is 2. The van der Waals surface area contributed by atoms with Gasteiger partial charge in [-0.25, -0.2) is 8.78 Å². The van der Waals surface area contributed by atoms with Crippen LogP contribution >= 0.6 is 0 Å².